The normalized spacial score (nSPS) is 19.1. The Balaban J connectivity index is 1.55. The first-order valence-corrected chi connectivity index (χ1v) is 10.3. The molecule has 2 aromatic heterocycles. The Labute approximate surface area is 176 Å². The van der Waals surface area contributed by atoms with E-state index in [1.54, 1.807) is 29.2 Å². The van der Waals surface area contributed by atoms with Gasteiger partial charge in [-0.3, -0.25) is 14.3 Å². The molecule has 1 N–H and O–H groups in total. The number of hydrogen-bond acceptors (Lipinski definition) is 4. The van der Waals surface area contributed by atoms with Crippen LogP contribution in [0, 0.1) is 18.8 Å². The smallest absolute Gasteiger partial charge is 0.257 e. The molecule has 1 aromatic carbocycles. The molecule has 4 rings (SSSR count). The fraction of sp³-hybridized carbons (Fsp3) is 0.391. The van der Waals surface area contributed by atoms with E-state index in [4.69, 9.17) is 0 Å². The van der Waals surface area contributed by atoms with Gasteiger partial charge < -0.3 is 10.2 Å². The predicted octanol–water partition coefficient (Wildman–Crippen LogP) is 3.65. The van der Waals surface area contributed by atoms with Crippen molar-refractivity contribution in [3.63, 3.8) is 0 Å². The Morgan fingerprint density at radius 3 is 2.53 bits per heavy atom. The molecule has 1 fully saturated rings. The standard InChI is InChI=1S/C23H27N5O2/c1-14-7-15(2)13-28(12-14)23(30)17-6-5-16(3)20(9-17)26-22(29)19-8-18-11-25-27(4)21(18)24-10-19/h5-6,8-11,14-15H,7,12-13H2,1-4H3,(H,26,29). The molecule has 1 aliphatic heterocycles. The highest BCUT2D eigenvalue weighted by Crippen LogP contribution is 2.25. The minimum absolute atomic E-state index is 0.0161. The number of nitrogens with zero attached hydrogens (tertiary/aromatic N) is 4. The molecular weight excluding hydrogens is 378 g/mol. The van der Waals surface area contributed by atoms with E-state index < -0.39 is 0 Å². The average molecular weight is 406 g/mol. The molecule has 3 aromatic rings. The Bertz CT molecular complexity index is 1110. The van der Waals surface area contributed by atoms with Crippen molar-refractivity contribution in [3.05, 3.63) is 53.3 Å². The highest BCUT2D eigenvalue weighted by Gasteiger charge is 2.26. The van der Waals surface area contributed by atoms with Gasteiger partial charge in [-0.15, -0.1) is 0 Å². The van der Waals surface area contributed by atoms with Crippen molar-refractivity contribution < 1.29 is 9.59 Å². The molecule has 1 aliphatic rings. The number of likely N-dealkylation sites (tertiary alicyclic amines) is 1. The lowest BCUT2D eigenvalue weighted by Gasteiger charge is -2.35. The van der Waals surface area contributed by atoms with Gasteiger partial charge in [0.1, 0.15) is 0 Å². The lowest BCUT2D eigenvalue weighted by Crippen LogP contribution is -2.42. The fourth-order valence-electron chi connectivity index (χ4n) is 4.26. The molecule has 0 spiro atoms. The van der Waals surface area contributed by atoms with E-state index >= 15 is 0 Å². The number of carbonyl (C=O) groups is 2. The molecule has 2 amide bonds. The molecular formula is C23H27N5O2. The van der Waals surface area contributed by atoms with Crippen molar-refractivity contribution >= 4 is 28.5 Å². The Morgan fingerprint density at radius 2 is 1.80 bits per heavy atom. The van der Waals surface area contributed by atoms with Crippen LogP contribution in [0.3, 0.4) is 0 Å². The SMILES string of the molecule is Cc1ccc(C(=O)N2CC(C)CC(C)C2)cc1NC(=O)c1cnc2c(cnn2C)c1. The minimum atomic E-state index is -0.263. The van der Waals surface area contributed by atoms with Crippen molar-refractivity contribution in [2.24, 2.45) is 18.9 Å². The predicted molar refractivity (Wildman–Crippen MR) is 116 cm³/mol. The summed E-state index contributed by atoms with van der Waals surface area (Å²) < 4.78 is 1.67. The number of rotatable bonds is 3. The number of aryl methyl sites for hydroxylation is 2. The number of carbonyl (C=O) groups excluding carboxylic acids is 2. The minimum Gasteiger partial charge on any atom is -0.338 e. The highest BCUT2D eigenvalue weighted by molar-refractivity contribution is 6.06. The third-order valence-electron chi connectivity index (χ3n) is 5.72. The second kappa shape index (κ2) is 7.89. The summed E-state index contributed by atoms with van der Waals surface area (Å²) in [5, 5.41) is 7.90. The zero-order chi connectivity index (χ0) is 21.4. The molecule has 30 heavy (non-hydrogen) atoms. The van der Waals surface area contributed by atoms with Crippen LogP contribution in [0.1, 0.15) is 46.5 Å². The summed E-state index contributed by atoms with van der Waals surface area (Å²) in [6, 6.07) is 7.25. The maximum absolute atomic E-state index is 13.1. The van der Waals surface area contributed by atoms with Crippen LogP contribution in [0.2, 0.25) is 0 Å². The molecule has 0 aliphatic carbocycles. The van der Waals surface area contributed by atoms with Crippen LogP contribution in [0.25, 0.3) is 11.0 Å². The van der Waals surface area contributed by atoms with E-state index in [2.05, 4.69) is 29.2 Å². The summed E-state index contributed by atoms with van der Waals surface area (Å²) >= 11 is 0. The molecule has 2 atom stereocenters. The Morgan fingerprint density at radius 1 is 1.07 bits per heavy atom. The van der Waals surface area contributed by atoms with Gasteiger partial charge in [-0.2, -0.15) is 5.10 Å². The fourth-order valence-corrected chi connectivity index (χ4v) is 4.26. The van der Waals surface area contributed by atoms with E-state index in [1.807, 2.05) is 31.0 Å². The van der Waals surface area contributed by atoms with Gasteiger partial charge in [-0.1, -0.05) is 19.9 Å². The summed E-state index contributed by atoms with van der Waals surface area (Å²) in [4.78, 5) is 32.1. The van der Waals surface area contributed by atoms with Gasteiger partial charge in [-0.25, -0.2) is 4.98 Å². The number of fused-ring (bicyclic) bond motifs is 1. The van der Waals surface area contributed by atoms with Gasteiger partial charge in [0, 0.05) is 43.0 Å². The van der Waals surface area contributed by atoms with E-state index in [0.29, 0.717) is 28.7 Å². The quantitative estimate of drug-likeness (QED) is 0.721. The largest absolute Gasteiger partial charge is 0.338 e. The van der Waals surface area contributed by atoms with Gasteiger partial charge in [0.2, 0.25) is 0 Å². The number of piperidine rings is 1. The summed E-state index contributed by atoms with van der Waals surface area (Å²) in [5.41, 5.74) is 3.30. The first-order valence-electron chi connectivity index (χ1n) is 10.3. The molecule has 156 valence electrons. The molecule has 1 saturated heterocycles. The van der Waals surface area contributed by atoms with Gasteiger partial charge in [0.15, 0.2) is 5.65 Å². The maximum Gasteiger partial charge on any atom is 0.257 e. The van der Waals surface area contributed by atoms with Crippen LogP contribution in [-0.2, 0) is 7.05 Å². The molecule has 0 radical (unpaired) electrons. The summed E-state index contributed by atoms with van der Waals surface area (Å²) in [7, 11) is 1.81. The molecule has 7 heteroatoms. The number of hydrogen-bond donors (Lipinski definition) is 1. The molecule has 3 heterocycles. The summed E-state index contributed by atoms with van der Waals surface area (Å²) in [5.74, 6) is 0.748. The summed E-state index contributed by atoms with van der Waals surface area (Å²) in [6.07, 6.45) is 4.37. The lowest BCUT2D eigenvalue weighted by molar-refractivity contribution is 0.0623. The van der Waals surface area contributed by atoms with Gasteiger partial charge in [0.25, 0.3) is 11.8 Å². The van der Waals surface area contributed by atoms with E-state index in [9.17, 15) is 9.59 Å². The zero-order valence-corrected chi connectivity index (χ0v) is 17.8. The second-order valence-electron chi connectivity index (χ2n) is 8.55. The van der Waals surface area contributed by atoms with Crippen molar-refractivity contribution in [2.45, 2.75) is 27.2 Å². The van der Waals surface area contributed by atoms with Gasteiger partial charge >= 0.3 is 0 Å². The Hall–Kier alpha value is -3.22. The molecule has 2 unspecified atom stereocenters. The average Bonchev–Trinajstić information content (AvgIpc) is 3.08. The van der Waals surface area contributed by atoms with Crippen molar-refractivity contribution in [1.82, 2.24) is 19.7 Å². The van der Waals surface area contributed by atoms with Crippen LogP contribution in [0.15, 0.2) is 36.7 Å². The lowest BCUT2D eigenvalue weighted by atomic mass is 9.91. The number of amides is 2. The van der Waals surface area contributed by atoms with Crippen molar-refractivity contribution in [1.29, 1.82) is 0 Å². The van der Waals surface area contributed by atoms with Crippen LogP contribution in [0.5, 0.6) is 0 Å². The monoisotopic (exact) mass is 405 g/mol. The molecule has 0 saturated carbocycles. The number of nitrogens with one attached hydrogen (secondary N) is 1. The van der Waals surface area contributed by atoms with Crippen LogP contribution >= 0.6 is 0 Å². The topological polar surface area (TPSA) is 80.1 Å². The highest BCUT2D eigenvalue weighted by atomic mass is 16.2. The van der Waals surface area contributed by atoms with E-state index in [-0.39, 0.29) is 11.8 Å². The van der Waals surface area contributed by atoms with Crippen molar-refractivity contribution in [3.8, 4) is 0 Å². The number of pyridine rings is 1. The third kappa shape index (κ3) is 3.92. The maximum atomic E-state index is 13.1. The van der Waals surface area contributed by atoms with Gasteiger partial charge in [0.05, 0.1) is 11.8 Å². The number of aromatic nitrogens is 3. The Kier molecular flexibility index (Phi) is 5.28. The van der Waals surface area contributed by atoms with Crippen LogP contribution in [-0.4, -0.2) is 44.6 Å². The number of anilines is 1. The van der Waals surface area contributed by atoms with E-state index in [0.717, 1.165) is 36.1 Å². The van der Waals surface area contributed by atoms with Gasteiger partial charge in [-0.05, 0) is 48.9 Å². The first-order chi connectivity index (χ1) is 14.3. The van der Waals surface area contributed by atoms with E-state index in [1.165, 1.54) is 0 Å². The first kappa shape index (κ1) is 20.1. The van der Waals surface area contributed by atoms with Crippen molar-refractivity contribution in [2.75, 3.05) is 18.4 Å². The summed E-state index contributed by atoms with van der Waals surface area (Å²) in [6.45, 7) is 7.83. The van der Waals surface area contributed by atoms with Crippen LogP contribution < -0.4 is 5.32 Å². The molecule has 7 nitrogen and oxygen atoms in total. The molecule has 0 bridgehead atoms. The zero-order valence-electron chi connectivity index (χ0n) is 17.8. The third-order valence-corrected chi connectivity index (χ3v) is 5.72. The van der Waals surface area contributed by atoms with Crippen LogP contribution in [0.4, 0.5) is 5.69 Å². The number of benzene rings is 1. The second-order valence-corrected chi connectivity index (χ2v) is 8.55.